The summed E-state index contributed by atoms with van der Waals surface area (Å²) < 4.78 is 5.25. The Labute approximate surface area is 79.6 Å². The highest BCUT2D eigenvalue weighted by Crippen LogP contribution is 2.53. The maximum absolute atomic E-state index is 10.1. The first-order valence-electron chi connectivity index (χ1n) is 5.27. The fourth-order valence-corrected chi connectivity index (χ4v) is 2.16. The summed E-state index contributed by atoms with van der Waals surface area (Å²) in [5.74, 6) is 0. The Hall–Kier alpha value is -0.500. The molecule has 0 aromatic rings. The Balaban J connectivity index is 2.03. The van der Waals surface area contributed by atoms with Crippen LogP contribution in [0.2, 0.25) is 0 Å². The molecule has 1 unspecified atom stereocenters. The SMILES string of the molecule is CCC1(C(O)C2=COCCC2)CC1. The van der Waals surface area contributed by atoms with Crippen molar-refractivity contribution in [2.24, 2.45) is 5.41 Å². The lowest BCUT2D eigenvalue weighted by Crippen LogP contribution is -2.25. The average molecular weight is 182 g/mol. The molecule has 2 heteroatoms. The second kappa shape index (κ2) is 3.33. The Morgan fingerprint density at radius 2 is 2.38 bits per heavy atom. The van der Waals surface area contributed by atoms with Gasteiger partial charge in [0.2, 0.25) is 0 Å². The van der Waals surface area contributed by atoms with Crippen LogP contribution in [0, 0.1) is 5.41 Å². The van der Waals surface area contributed by atoms with Crippen LogP contribution < -0.4 is 0 Å². The second-order valence-electron chi connectivity index (χ2n) is 4.29. The Morgan fingerprint density at radius 1 is 1.62 bits per heavy atom. The molecule has 1 aliphatic carbocycles. The number of aliphatic hydroxyl groups excluding tert-OH is 1. The summed E-state index contributed by atoms with van der Waals surface area (Å²) in [5, 5.41) is 10.1. The molecule has 2 rings (SSSR count). The third-order valence-electron chi connectivity index (χ3n) is 3.49. The van der Waals surface area contributed by atoms with Crippen LogP contribution in [-0.4, -0.2) is 17.8 Å². The van der Waals surface area contributed by atoms with Crippen LogP contribution in [0.15, 0.2) is 11.8 Å². The van der Waals surface area contributed by atoms with E-state index >= 15 is 0 Å². The van der Waals surface area contributed by atoms with E-state index in [4.69, 9.17) is 4.74 Å². The van der Waals surface area contributed by atoms with Gasteiger partial charge in [-0.1, -0.05) is 6.92 Å². The van der Waals surface area contributed by atoms with Crippen molar-refractivity contribution in [3.05, 3.63) is 11.8 Å². The summed E-state index contributed by atoms with van der Waals surface area (Å²) in [6, 6.07) is 0. The van der Waals surface area contributed by atoms with E-state index in [2.05, 4.69) is 6.92 Å². The molecule has 0 spiro atoms. The third kappa shape index (κ3) is 1.60. The van der Waals surface area contributed by atoms with E-state index in [0.29, 0.717) is 0 Å². The van der Waals surface area contributed by atoms with Gasteiger partial charge < -0.3 is 9.84 Å². The van der Waals surface area contributed by atoms with Gasteiger partial charge in [-0.25, -0.2) is 0 Å². The van der Waals surface area contributed by atoms with Crippen molar-refractivity contribution in [1.82, 2.24) is 0 Å². The van der Waals surface area contributed by atoms with Gasteiger partial charge in [0, 0.05) is 5.41 Å². The molecule has 2 aliphatic rings. The van der Waals surface area contributed by atoms with E-state index in [1.807, 2.05) is 0 Å². The van der Waals surface area contributed by atoms with Crippen molar-refractivity contribution in [3.63, 3.8) is 0 Å². The van der Waals surface area contributed by atoms with Crippen molar-refractivity contribution >= 4 is 0 Å². The molecule has 0 aromatic heterocycles. The topological polar surface area (TPSA) is 29.5 Å². The van der Waals surface area contributed by atoms with Crippen LogP contribution in [0.3, 0.4) is 0 Å². The number of hydrogen-bond acceptors (Lipinski definition) is 2. The summed E-state index contributed by atoms with van der Waals surface area (Å²) in [6.45, 7) is 2.98. The van der Waals surface area contributed by atoms with E-state index < -0.39 is 0 Å². The summed E-state index contributed by atoms with van der Waals surface area (Å²) in [7, 11) is 0. The minimum Gasteiger partial charge on any atom is -0.501 e. The standard InChI is InChI=1S/C11H18O2/c1-2-11(5-6-11)10(12)9-4-3-7-13-8-9/h8,10,12H,2-7H2,1H3. The summed E-state index contributed by atoms with van der Waals surface area (Å²) in [6.07, 6.45) is 7.07. The van der Waals surface area contributed by atoms with E-state index in [1.165, 1.54) is 12.8 Å². The Kier molecular flexibility index (Phi) is 2.33. The fourth-order valence-electron chi connectivity index (χ4n) is 2.16. The van der Waals surface area contributed by atoms with Gasteiger partial charge in [0.25, 0.3) is 0 Å². The van der Waals surface area contributed by atoms with Gasteiger partial charge in [-0.3, -0.25) is 0 Å². The molecule has 0 bridgehead atoms. The monoisotopic (exact) mass is 182 g/mol. The van der Waals surface area contributed by atoms with Crippen molar-refractivity contribution < 1.29 is 9.84 Å². The maximum atomic E-state index is 10.1. The molecule has 74 valence electrons. The predicted octanol–water partition coefficient (Wildman–Crippen LogP) is 2.23. The van der Waals surface area contributed by atoms with Gasteiger partial charge in [-0.05, 0) is 37.7 Å². The molecule has 1 atom stereocenters. The zero-order valence-electron chi connectivity index (χ0n) is 8.25. The number of ether oxygens (including phenoxy) is 1. The average Bonchev–Trinajstić information content (AvgIpc) is 2.99. The van der Waals surface area contributed by atoms with Gasteiger partial charge in [0.15, 0.2) is 0 Å². The lowest BCUT2D eigenvalue weighted by molar-refractivity contribution is 0.104. The van der Waals surface area contributed by atoms with Crippen LogP contribution in [0.25, 0.3) is 0 Å². The maximum Gasteiger partial charge on any atom is 0.0876 e. The van der Waals surface area contributed by atoms with Gasteiger partial charge in [-0.15, -0.1) is 0 Å². The largest absolute Gasteiger partial charge is 0.501 e. The molecule has 1 fully saturated rings. The Morgan fingerprint density at radius 3 is 2.85 bits per heavy atom. The molecule has 1 saturated carbocycles. The molecular weight excluding hydrogens is 164 g/mol. The van der Waals surface area contributed by atoms with E-state index in [1.54, 1.807) is 6.26 Å². The van der Waals surface area contributed by atoms with Crippen molar-refractivity contribution in [2.75, 3.05) is 6.61 Å². The smallest absolute Gasteiger partial charge is 0.0876 e. The first kappa shape index (κ1) is 9.07. The normalized spacial score (nSPS) is 27.4. The molecule has 0 radical (unpaired) electrons. The van der Waals surface area contributed by atoms with Crippen LogP contribution in [-0.2, 0) is 4.74 Å². The molecule has 1 N–H and O–H groups in total. The number of aliphatic hydroxyl groups is 1. The quantitative estimate of drug-likeness (QED) is 0.725. The van der Waals surface area contributed by atoms with E-state index in [9.17, 15) is 5.11 Å². The molecule has 1 aliphatic heterocycles. The van der Waals surface area contributed by atoms with E-state index in [0.717, 1.165) is 31.4 Å². The van der Waals surface area contributed by atoms with Gasteiger partial charge in [0.05, 0.1) is 19.0 Å². The first-order valence-corrected chi connectivity index (χ1v) is 5.27. The number of rotatable bonds is 3. The van der Waals surface area contributed by atoms with Crippen LogP contribution in [0.4, 0.5) is 0 Å². The minimum absolute atomic E-state index is 0.215. The van der Waals surface area contributed by atoms with E-state index in [-0.39, 0.29) is 11.5 Å². The third-order valence-corrected chi connectivity index (χ3v) is 3.49. The molecule has 13 heavy (non-hydrogen) atoms. The minimum atomic E-state index is -0.238. The molecule has 0 aromatic carbocycles. The van der Waals surface area contributed by atoms with Gasteiger partial charge in [0.1, 0.15) is 0 Å². The highest BCUT2D eigenvalue weighted by atomic mass is 16.5. The molecule has 1 heterocycles. The summed E-state index contributed by atoms with van der Waals surface area (Å²) >= 11 is 0. The lowest BCUT2D eigenvalue weighted by atomic mass is 9.88. The highest BCUT2D eigenvalue weighted by molar-refractivity contribution is 5.16. The number of hydrogen-bond donors (Lipinski definition) is 1. The van der Waals surface area contributed by atoms with Crippen molar-refractivity contribution in [2.45, 2.75) is 45.1 Å². The summed E-state index contributed by atoms with van der Waals surface area (Å²) in [4.78, 5) is 0. The molecule has 0 amide bonds. The molecular formula is C11H18O2. The summed E-state index contributed by atoms with van der Waals surface area (Å²) in [5.41, 5.74) is 1.33. The van der Waals surface area contributed by atoms with Gasteiger partial charge >= 0.3 is 0 Å². The highest BCUT2D eigenvalue weighted by Gasteiger charge is 2.48. The molecule has 2 nitrogen and oxygen atoms in total. The first-order chi connectivity index (χ1) is 6.28. The predicted molar refractivity (Wildman–Crippen MR) is 51.2 cm³/mol. The van der Waals surface area contributed by atoms with Crippen molar-refractivity contribution in [3.8, 4) is 0 Å². The van der Waals surface area contributed by atoms with Crippen LogP contribution in [0.5, 0.6) is 0 Å². The van der Waals surface area contributed by atoms with Gasteiger partial charge in [-0.2, -0.15) is 0 Å². The second-order valence-corrected chi connectivity index (χ2v) is 4.29. The molecule has 0 saturated heterocycles. The fraction of sp³-hybridized carbons (Fsp3) is 0.818. The Bertz CT molecular complexity index is 216. The van der Waals surface area contributed by atoms with Crippen LogP contribution >= 0.6 is 0 Å². The van der Waals surface area contributed by atoms with Crippen molar-refractivity contribution in [1.29, 1.82) is 0 Å². The zero-order chi connectivity index (χ0) is 9.31. The lowest BCUT2D eigenvalue weighted by Gasteiger charge is -2.25. The zero-order valence-corrected chi connectivity index (χ0v) is 8.25. The van der Waals surface area contributed by atoms with Crippen LogP contribution in [0.1, 0.15) is 39.0 Å².